The number of rotatable bonds is 3. The zero-order valence-electron chi connectivity index (χ0n) is 8.43. The number of aliphatic hydroxyl groups is 1. The highest BCUT2D eigenvalue weighted by Gasteiger charge is 2.11. The summed E-state index contributed by atoms with van der Waals surface area (Å²) in [7, 11) is 0. The van der Waals surface area contributed by atoms with E-state index in [9.17, 15) is 4.79 Å². The third-order valence-electron chi connectivity index (χ3n) is 1.73. The predicted molar refractivity (Wildman–Crippen MR) is 56.2 cm³/mol. The van der Waals surface area contributed by atoms with Gasteiger partial charge in [0.2, 0.25) is 0 Å². The van der Waals surface area contributed by atoms with Crippen LogP contribution in [0, 0.1) is 11.8 Å². The molecular weight excluding hydrogens is 192 g/mol. The van der Waals surface area contributed by atoms with E-state index in [0.717, 1.165) is 0 Å². The average molecular weight is 204 g/mol. The van der Waals surface area contributed by atoms with Crippen LogP contribution in [-0.4, -0.2) is 23.8 Å². The highest BCUT2D eigenvalue weighted by molar-refractivity contribution is 5.89. The first-order chi connectivity index (χ1) is 7.27. The molecule has 1 aromatic carbocycles. The molecule has 0 spiro atoms. The normalized spacial score (nSPS) is 11.1. The van der Waals surface area contributed by atoms with E-state index < -0.39 is 12.1 Å². The van der Waals surface area contributed by atoms with Gasteiger partial charge in [-0.1, -0.05) is 24.1 Å². The molecule has 0 amide bonds. The van der Waals surface area contributed by atoms with E-state index in [1.54, 1.807) is 31.2 Å². The lowest BCUT2D eigenvalue weighted by Gasteiger charge is -2.09. The molecule has 0 heterocycles. The molecule has 0 fully saturated rings. The van der Waals surface area contributed by atoms with Crippen molar-refractivity contribution in [2.45, 2.75) is 13.0 Å². The SMILES string of the molecule is CC#CC(CO)OC(=O)c1ccccc1. The number of esters is 1. The van der Waals surface area contributed by atoms with Crippen molar-refractivity contribution in [1.82, 2.24) is 0 Å². The second kappa shape index (κ2) is 5.84. The van der Waals surface area contributed by atoms with Crippen LogP contribution in [0.5, 0.6) is 0 Å². The van der Waals surface area contributed by atoms with E-state index in [1.807, 2.05) is 6.07 Å². The van der Waals surface area contributed by atoms with Crippen molar-refractivity contribution >= 4 is 5.97 Å². The minimum absolute atomic E-state index is 0.292. The molecule has 1 aromatic rings. The molecule has 1 rings (SSSR count). The molecule has 1 atom stereocenters. The second-order valence-electron chi connectivity index (χ2n) is 2.84. The van der Waals surface area contributed by atoms with Crippen LogP contribution in [0.25, 0.3) is 0 Å². The van der Waals surface area contributed by atoms with Crippen LogP contribution in [0.1, 0.15) is 17.3 Å². The summed E-state index contributed by atoms with van der Waals surface area (Å²) in [5.41, 5.74) is 0.453. The molecule has 0 aliphatic heterocycles. The number of carbonyl (C=O) groups is 1. The zero-order valence-corrected chi connectivity index (χ0v) is 8.43. The molecule has 78 valence electrons. The topological polar surface area (TPSA) is 46.5 Å². The molecule has 3 nitrogen and oxygen atoms in total. The Morgan fingerprint density at radius 1 is 1.47 bits per heavy atom. The summed E-state index contributed by atoms with van der Waals surface area (Å²) in [5.74, 6) is 4.70. The molecule has 15 heavy (non-hydrogen) atoms. The Morgan fingerprint density at radius 2 is 2.13 bits per heavy atom. The first-order valence-electron chi connectivity index (χ1n) is 4.57. The van der Waals surface area contributed by atoms with E-state index in [0.29, 0.717) is 5.56 Å². The number of carbonyl (C=O) groups excluding carboxylic acids is 1. The van der Waals surface area contributed by atoms with Gasteiger partial charge < -0.3 is 9.84 Å². The van der Waals surface area contributed by atoms with E-state index in [4.69, 9.17) is 9.84 Å². The smallest absolute Gasteiger partial charge is 0.339 e. The summed E-state index contributed by atoms with van der Waals surface area (Å²) in [5, 5.41) is 8.87. The van der Waals surface area contributed by atoms with Crippen LogP contribution in [-0.2, 0) is 4.74 Å². The lowest BCUT2D eigenvalue weighted by atomic mass is 10.2. The Bertz CT molecular complexity index is 373. The van der Waals surface area contributed by atoms with Gasteiger partial charge in [0, 0.05) is 0 Å². The van der Waals surface area contributed by atoms with E-state index >= 15 is 0 Å². The summed E-state index contributed by atoms with van der Waals surface area (Å²) >= 11 is 0. The fourth-order valence-corrected chi connectivity index (χ4v) is 1.04. The summed E-state index contributed by atoms with van der Waals surface area (Å²) in [6, 6.07) is 8.60. The lowest BCUT2D eigenvalue weighted by molar-refractivity contribution is 0.0294. The van der Waals surface area contributed by atoms with Crippen LogP contribution in [0.4, 0.5) is 0 Å². The molecule has 0 aliphatic carbocycles. The van der Waals surface area contributed by atoms with Gasteiger partial charge in [-0.2, -0.15) is 0 Å². The first kappa shape index (κ1) is 11.3. The number of aliphatic hydroxyl groups excluding tert-OH is 1. The molecule has 0 radical (unpaired) electrons. The maximum atomic E-state index is 11.5. The quantitative estimate of drug-likeness (QED) is 0.595. The van der Waals surface area contributed by atoms with Gasteiger partial charge in [0.25, 0.3) is 0 Å². The summed E-state index contributed by atoms with van der Waals surface area (Å²) < 4.78 is 4.96. The summed E-state index contributed by atoms with van der Waals surface area (Å²) in [4.78, 5) is 11.5. The van der Waals surface area contributed by atoms with Gasteiger partial charge in [-0.05, 0) is 19.1 Å². The van der Waals surface area contributed by atoms with Crippen LogP contribution >= 0.6 is 0 Å². The predicted octanol–water partition coefficient (Wildman–Crippen LogP) is 1.23. The van der Waals surface area contributed by atoms with Gasteiger partial charge >= 0.3 is 5.97 Å². The number of hydrogen-bond acceptors (Lipinski definition) is 3. The van der Waals surface area contributed by atoms with Crippen molar-refractivity contribution in [2.75, 3.05) is 6.61 Å². The van der Waals surface area contributed by atoms with Crippen molar-refractivity contribution in [3.05, 3.63) is 35.9 Å². The number of benzene rings is 1. The van der Waals surface area contributed by atoms with Crippen molar-refractivity contribution in [3.63, 3.8) is 0 Å². The molecule has 0 saturated carbocycles. The van der Waals surface area contributed by atoms with Crippen LogP contribution in [0.2, 0.25) is 0 Å². The van der Waals surface area contributed by atoms with Crippen LogP contribution < -0.4 is 0 Å². The zero-order chi connectivity index (χ0) is 11.1. The van der Waals surface area contributed by atoms with E-state index in [-0.39, 0.29) is 6.61 Å². The fraction of sp³-hybridized carbons (Fsp3) is 0.250. The highest BCUT2D eigenvalue weighted by atomic mass is 16.5. The molecule has 3 heteroatoms. The van der Waals surface area contributed by atoms with Crippen LogP contribution in [0.3, 0.4) is 0 Å². The molecule has 1 N–H and O–H groups in total. The molecule has 0 saturated heterocycles. The first-order valence-corrected chi connectivity index (χ1v) is 4.57. The minimum atomic E-state index is -0.747. The van der Waals surface area contributed by atoms with E-state index in [1.165, 1.54) is 0 Å². The number of hydrogen-bond donors (Lipinski definition) is 1. The van der Waals surface area contributed by atoms with Crippen molar-refractivity contribution in [2.24, 2.45) is 0 Å². The summed E-state index contributed by atoms with van der Waals surface area (Å²) in [6.45, 7) is 1.33. The number of ether oxygens (including phenoxy) is 1. The Kier molecular flexibility index (Phi) is 4.39. The Morgan fingerprint density at radius 3 is 2.67 bits per heavy atom. The minimum Gasteiger partial charge on any atom is -0.443 e. The molecule has 0 aliphatic rings. The molecule has 0 bridgehead atoms. The van der Waals surface area contributed by atoms with Crippen molar-refractivity contribution in [1.29, 1.82) is 0 Å². The van der Waals surface area contributed by atoms with Gasteiger partial charge in [0.15, 0.2) is 6.10 Å². The lowest BCUT2D eigenvalue weighted by Crippen LogP contribution is -2.20. The van der Waals surface area contributed by atoms with E-state index in [2.05, 4.69) is 11.8 Å². The van der Waals surface area contributed by atoms with Crippen LogP contribution in [0.15, 0.2) is 30.3 Å². The Balaban J connectivity index is 2.65. The third-order valence-corrected chi connectivity index (χ3v) is 1.73. The van der Waals surface area contributed by atoms with Crippen molar-refractivity contribution in [3.8, 4) is 11.8 Å². The average Bonchev–Trinajstić information content (AvgIpc) is 2.29. The maximum Gasteiger partial charge on any atom is 0.339 e. The highest BCUT2D eigenvalue weighted by Crippen LogP contribution is 2.03. The monoisotopic (exact) mass is 204 g/mol. The van der Waals surface area contributed by atoms with Gasteiger partial charge in [-0.25, -0.2) is 4.79 Å². The molecule has 0 aromatic heterocycles. The largest absolute Gasteiger partial charge is 0.443 e. The Labute approximate surface area is 88.7 Å². The standard InChI is InChI=1S/C12H12O3/c1-2-6-11(9-13)15-12(14)10-7-4-3-5-8-10/h3-5,7-8,11,13H,9H2,1H3. The summed E-state index contributed by atoms with van der Waals surface area (Å²) in [6.07, 6.45) is -0.747. The van der Waals surface area contributed by atoms with Gasteiger partial charge in [-0.3, -0.25) is 0 Å². The second-order valence-corrected chi connectivity index (χ2v) is 2.84. The van der Waals surface area contributed by atoms with Gasteiger partial charge in [-0.15, -0.1) is 5.92 Å². The third kappa shape index (κ3) is 3.45. The fourth-order valence-electron chi connectivity index (χ4n) is 1.04. The molecular formula is C12H12O3. The van der Waals surface area contributed by atoms with Gasteiger partial charge in [0.1, 0.15) is 0 Å². The maximum absolute atomic E-state index is 11.5. The Hall–Kier alpha value is -1.79. The molecule has 1 unspecified atom stereocenters. The van der Waals surface area contributed by atoms with Crippen molar-refractivity contribution < 1.29 is 14.6 Å². The van der Waals surface area contributed by atoms with Gasteiger partial charge in [0.05, 0.1) is 12.2 Å².